The third-order valence-electron chi connectivity index (χ3n) is 3.56. The Morgan fingerprint density at radius 2 is 2.29 bits per heavy atom. The summed E-state index contributed by atoms with van der Waals surface area (Å²) in [7, 11) is 3.70. The minimum Gasteiger partial charge on any atom is -0.508 e. The van der Waals surface area contributed by atoms with E-state index in [2.05, 4.69) is 11.9 Å². The maximum atomic E-state index is 9.95. The van der Waals surface area contributed by atoms with Crippen LogP contribution in [0.3, 0.4) is 0 Å². The lowest BCUT2D eigenvalue weighted by Crippen LogP contribution is -2.20. The second-order valence-electron chi connectivity index (χ2n) is 4.72. The number of ether oxygens (including phenoxy) is 1. The first kappa shape index (κ1) is 12.2. The lowest BCUT2D eigenvalue weighted by molar-refractivity contribution is 0.304. The van der Waals surface area contributed by atoms with Gasteiger partial charge in [-0.05, 0) is 44.1 Å². The first-order valence-corrected chi connectivity index (χ1v) is 5.93. The summed E-state index contributed by atoms with van der Waals surface area (Å²) in [5.74, 6) is 1.62. The molecule has 1 saturated heterocycles. The molecule has 0 aliphatic carbocycles. The Kier molecular flexibility index (Phi) is 3.54. The van der Waals surface area contributed by atoms with Gasteiger partial charge in [0.25, 0.3) is 0 Å². The van der Waals surface area contributed by atoms with Gasteiger partial charge in [0.05, 0.1) is 7.11 Å². The van der Waals surface area contributed by atoms with Crippen LogP contribution in [0.1, 0.15) is 18.0 Å². The molecule has 94 valence electrons. The smallest absolute Gasteiger partial charge is 0.120 e. The average molecular weight is 236 g/mol. The van der Waals surface area contributed by atoms with E-state index in [0.29, 0.717) is 18.2 Å². The normalized spacial score (nSPS) is 25.1. The maximum Gasteiger partial charge on any atom is 0.120 e. The molecule has 1 aliphatic heterocycles. The van der Waals surface area contributed by atoms with Crippen LogP contribution in [-0.2, 0) is 0 Å². The zero-order valence-corrected chi connectivity index (χ0v) is 10.4. The Balaban J connectivity index is 2.27. The topological polar surface area (TPSA) is 58.7 Å². The van der Waals surface area contributed by atoms with E-state index in [1.807, 2.05) is 6.07 Å². The van der Waals surface area contributed by atoms with E-state index in [-0.39, 0.29) is 6.04 Å². The van der Waals surface area contributed by atoms with Gasteiger partial charge >= 0.3 is 0 Å². The van der Waals surface area contributed by atoms with Crippen LogP contribution in [0.15, 0.2) is 18.2 Å². The molecule has 0 saturated carbocycles. The molecular weight excluding hydrogens is 216 g/mol. The number of nitrogens with zero attached hydrogens (tertiary/aromatic N) is 1. The number of hydrogen-bond donors (Lipinski definition) is 2. The fourth-order valence-electron chi connectivity index (χ4n) is 2.57. The molecule has 0 aromatic heterocycles. The van der Waals surface area contributed by atoms with Crippen molar-refractivity contribution in [1.29, 1.82) is 0 Å². The van der Waals surface area contributed by atoms with Crippen molar-refractivity contribution in [2.24, 2.45) is 11.7 Å². The number of rotatable bonds is 3. The average Bonchev–Trinajstić information content (AvgIpc) is 2.71. The van der Waals surface area contributed by atoms with Crippen molar-refractivity contribution in [1.82, 2.24) is 4.90 Å². The van der Waals surface area contributed by atoms with Crippen molar-refractivity contribution in [2.45, 2.75) is 12.5 Å². The standard InChI is InChI=1S/C13H20N2O2/c1-15-8-9(7-14)5-12(15)11-6-10(17-2)3-4-13(11)16/h3-4,6,9,12,16H,5,7-8,14H2,1-2H3. The first-order valence-electron chi connectivity index (χ1n) is 5.93. The molecule has 0 amide bonds. The quantitative estimate of drug-likeness (QED) is 0.831. The molecule has 0 bridgehead atoms. The number of aromatic hydroxyl groups is 1. The molecule has 4 heteroatoms. The minimum atomic E-state index is 0.235. The summed E-state index contributed by atoms with van der Waals surface area (Å²) < 4.78 is 5.20. The molecule has 1 aromatic carbocycles. The van der Waals surface area contributed by atoms with Gasteiger partial charge in [0, 0.05) is 18.2 Å². The van der Waals surface area contributed by atoms with E-state index in [1.54, 1.807) is 19.2 Å². The number of likely N-dealkylation sites (tertiary alicyclic amines) is 1. The van der Waals surface area contributed by atoms with Crippen LogP contribution in [0, 0.1) is 5.92 Å². The van der Waals surface area contributed by atoms with E-state index < -0.39 is 0 Å². The summed E-state index contributed by atoms with van der Waals surface area (Å²) in [6.07, 6.45) is 0.994. The van der Waals surface area contributed by atoms with Crippen LogP contribution in [0.5, 0.6) is 11.5 Å². The van der Waals surface area contributed by atoms with Gasteiger partial charge in [0.1, 0.15) is 11.5 Å². The SMILES string of the molecule is COc1ccc(O)c(C2CC(CN)CN2C)c1. The molecule has 2 atom stereocenters. The number of phenolic OH excluding ortho intramolecular Hbond substituents is 1. The van der Waals surface area contributed by atoms with Crippen LogP contribution in [0.25, 0.3) is 0 Å². The van der Waals surface area contributed by atoms with Gasteiger partial charge in [-0.2, -0.15) is 0 Å². The minimum absolute atomic E-state index is 0.235. The van der Waals surface area contributed by atoms with Gasteiger partial charge in [-0.15, -0.1) is 0 Å². The monoisotopic (exact) mass is 236 g/mol. The van der Waals surface area contributed by atoms with Crippen LogP contribution in [-0.4, -0.2) is 37.3 Å². The summed E-state index contributed by atoms with van der Waals surface area (Å²) in [4.78, 5) is 2.24. The first-order chi connectivity index (χ1) is 8.15. The van der Waals surface area contributed by atoms with Gasteiger partial charge in [0.2, 0.25) is 0 Å². The summed E-state index contributed by atoms with van der Waals surface area (Å²) >= 11 is 0. The van der Waals surface area contributed by atoms with Crippen molar-refractivity contribution in [2.75, 3.05) is 27.2 Å². The van der Waals surface area contributed by atoms with E-state index >= 15 is 0 Å². The molecular formula is C13H20N2O2. The third-order valence-corrected chi connectivity index (χ3v) is 3.56. The van der Waals surface area contributed by atoms with Gasteiger partial charge in [0.15, 0.2) is 0 Å². The van der Waals surface area contributed by atoms with Crippen molar-refractivity contribution < 1.29 is 9.84 Å². The number of phenols is 1. The molecule has 2 rings (SSSR count). The predicted octanol–water partition coefficient (Wildman–Crippen LogP) is 1.35. The van der Waals surface area contributed by atoms with Crippen LogP contribution in [0.4, 0.5) is 0 Å². The zero-order chi connectivity index (χ0) is 12.4. The van der Waals surface area contributed by atoms with E-state index in [4.69, 9.17) is 10.5 Å². The van der Waals surface area contributed by atoms with E-state index in [9.17, 15) is 5.11 Å². The number of benzene rings is 1. The number of methoxy groups -OCH3 is 1. The molecule has 4 nitrogen and oxygen atoms in total. The lowest BCUT2D eigenvalue weighted by Gasteiger charge is -2.21. The molecule has 1 aromatic rings. The van der Waals surface area contributed by atoms with E-state index in [1.165, 1.54) is 0 Å². The highest BCUT2D eigenvalue weighted by Gasteiger charge is 2.31. The Hall–Kier alpha value is -1.26. The van der Waals surface area contributed by atoms with Gasteiger partial charge < -0.3 is 15.6 Å². The Labute approximate surface area is 102 Å². The maximum absolute atomic E-state index is 9.95. The molecule has 1 heterocycles. The summed E-state index contributed by atoms with van der Waals surface area (Å²) in [6.45, 7) is 1.68. The second-order valence-corrected chi connectivity index (χ2v) is 4.72. The fraction of sp³-hybridized carbons (Fsp3) is 0.538. The Bertz CT molecular complexity index is 395. The molecule has 17 heavy (non-hydrogen) atoms. The molecule has 3 N–H and O–H groups in total. The summed E-state index contributed by atoms with van der Waals surface area (Å²) in [5.41, 5.74) is 6.65. The fourth-order valence-corrected chi connectivity index (χ4v) is 2.57. The number of hydrogen-bond acceptors (Lipinski definition) is 4. The molecule has 0 spiro atoms. The largest absolute Gasteiger partial charge is 0.508 e. The molecule has 1 fully saturated rings. The van der Waals surface area contributed by atoms with Crippen molar-refractivity contribution in [3.8, 4) is 11.5 Å². The molecule has 2 unspecified atom stereocenters. The van der Waals surface area contributed by atoms with Crippen LogP contribution < -0.4 is 10.5 Å². The second kappa shape index (κ2) is 4.94. The predicted molar refractivity (Wildman–Crippen MR) is 67.2 cm³/mol. The highest BCUT2D eigenvalue weighted by Crippen LogP contribution is 2.39. The van der Waals surface area contributed by atoms with E-state index in [0.717, 1.165) is 24.3 Å². The van der Waals surface area contributed by atoms with Crippen LogP contribution in [0.2, 0.25) is 0 Å². The number of nitrogens with two attached hydrogens (primary N) is 1. The van der Waals surface area contributed by atoms with Gasteiger partial charge in [-0.25, -0.2) is 0 Å². The highest BCUT2D eigenvalue weighted by molar-refractivity contribution is 5.41. The lowest BCUT2D eigenvalue weighted by atomic mass is 9.99. The van der Waals surface area contributed by atoms with Gasteiger partial charge in [-0.3, -0.25) is 4.90 Å². The summed E-state index contributed by atoms with van der Waals surface area (Å²) in [6, 6.07) is 5.61. The zero-order valence-electron chi connectivity index (χ0n) is 10.4. The van der Waals surface area contributed by atoms with Crippen molar-refractivity contribution >= 4 is 0 Å². The van der Waals surface area contributed by atoms with Gasteiger partial charge in [-0.1, -0.05) is 0 Å². The molecule has 0 radical (unpaired) electrons. The van der Waals surface area contributed by atoms with Crippen LogP contribution >= 0.6 is 0 Å². The van der Waals surface area contributed by atoms with Crippen molar-refractivity contribution in [3.63, 3.8) is 0 Å². The highest BCUT2D eigenvalue weighted by atomic mass is 16.5. The summed E-state index contributed by atoms with van der Waals surface area (Å²) in [5, 5.41) is 9.95. The van der Waals surface area contributed by atoms with Crippen molar-refractivity contribution in [3.05, 3.63) is 23.8 Å². The Morgan fingerprint density at radius 3 is 2.88 bits per heavy atom. The Morgan fingerprint density at radius 1 is 1.53 bits per heavy atom. The molecule has 1 aliphatic rings. The third kappa shape index (κ3) is 2.37.